The van der Waals surface area contributed by atoms with Gasteiger partial charge in [0.15, 0.2) is 5.84 Å². The van der Waals surface area contributed by atoms with Gasteiger partial charge in [0.25, 0.3) is 0 Å². The van der Waals surface area contributed by atoms with E-state index in [4.69, 9.17) is 10.9 Å². The van der Waals surface area contributed by atoms with Gasteiger partial charge in [-0.1, -0.05) is 18.0 Å². The van der Waals surface area contributed by atoms with Crippen LogP contribution < -0.4 is 11.1 Å². The van der Waals surface area contributed by atoms with Crippen LogP contribution in [0.1, 0.15) is 38.5 Å². The summed E-state index contributed by atoms with van der Waals surface area (Å²) in [6, 6.07) is -0.266. The Bertz CT molecular complexity index is 294. The second-order valence-corrected chi connectivity index (χ2v) is 4.83. The van der Waals surface area contributed by atoms with Crippen molar-refractivity contribution in [3.05, 3.63) is 0 Å². The summed E-state index contributed by atoms with van der Waals surface area (Å²) < 4.78 is 0. The van der Waals surface area contributed by atoms with Crippen LogP contribution in [0, 0.1) is 11.8 Å². The molecule has 2 aliphatic carbocycles. The van der Waals surface area contributed by atoms with Gasteiger partial charge in [0, 0.05) is 5.92 Å². The maximum atomic E-state index is 11.9. The molecule has 2 aliphatic rings. The minimum atomic E-state index is -0.266. The van der Waals surface area contributed by atoms with E-state index in [0.717, 1.165) is 38.5 Å². The minimum Gasteiger partial charge on any atom is -0.409 e. The highest BCUT2D eigenvalue weighted by Gasteiger charge is 2.36. The molecular weight excluding hydrogens is 206 g/mol. The average molecular weight is 225 g/mol. The van der Waals surface area contributed by atoms with Crippen LogP contribution in [0.5, 0.6) is 0 Å². The highest BCUT2D eigenvalue weighted by atomic mass is 16.4. The van der Waals surface area contributed by atoms with Crippen molar-refractivity contribution in [1.29, 1.82) is 0 Å². The van der Waals surface area contributed by atoms with Gasteiger partial charge in [0.2, 0.25) is 5.91 Å². The molecule has 5 nitrogen and oxygen atoms in total. The third-order valence-corrected chi connectivity index (χ3v) is 3.55. The number of oxime groups is 1. The van der Waals surface area contributed by atoms with Gasteiger partial charge < -0.3 is 16.3 Å². The molecule has 2 saturated carbocycles. The summed E-state index contributed by atoms with van der Waals surface area (Å²) in [7, 11) is 0. The summed E-state index contributed by atoms with van der Waals surface area (Å²) in [6.07, 6.45) is 6.31. The second kappa shape index (κ2) is 4.72. The van der Waals surface area contributed by atoms with Crippen LogP contribution >= 0.6 is 0 Å². The van der Waals surface area contributed by atoms with Crippen LogP contribution in [0.3, 0.4) is 0 Å². The zero-order valence-corrected chi connectivity index (χ0v) is 9.35. The van der Waals surface area contributed by atoms with E-state index in [1.165, 1.54) is 0 Å². The smallest absolute Gasteiger partial charge is 0.223 e. The highest BCUT2D eigenvalue weighted by Crippen LogP contribution is 2.33. The van der Waals surface area contributed by atoms with Crippen molar-refractivity contribution in [2.24, 2.45) is 22.7 Å². The van der Waals surface area contributed by atoms with Gasteiger partial charge in [-0.05, 0) is 31.6 Å². The third-order valence-electron chi connectivity index (χ3n) is 3.55. The third kappa shape index (κ3) is 2.46. The molecule has 1 atom stereocenters. The van der Waals surface area contributed by atoms with E-state index in [9.17, 15) is 4.79 Å². The van der Waals surface area contributed by atoms with Crippen molar-refractivity contribution in [2.75, 3.05) is 0 Å². The Morgan fingerprint density at radius 3 is 2.44 bits per heavy atom. The first-order chi connectivity index (χ1) is 7.72. The molecule has 16 heavy (non-hydrogen) atoms. The fourth-order valence-electron chi connectivity index (χ4n) is 2.38. The van der Waals surface area contributed by atoms with Crippen LogP contribution in [0.25, 0.3) is 0 Å². The Hall–Kier alpha value is -1.26. The fraction of sp³-hybridized carbons (Fsp3) is 0.818. The van der Waals surface area contributed by atoms with Crippen LogP contribution in [-0.2, 0) is 4.79 Å². The van der Waals surface area contributed by atoms with E-state index in [0.29, 0.717) is 5.92 Å². The number of hydrogen-bond donors (Lipinski definition) is 3. The molecule has 90 valence electrons. The van der Waals surface area contributed by atoms with Gasteiger partial charge >= 0.3 is 0 Å². The fourth-order valence-corrected chi connectivity index (χ4v) is 2.38. The normalized spacial score (nSPS) is 24.4. The standard InChI is InChI=1S/C11H19N3O2/c12-10(14-16)9(7-5-6-7)13-11(15)8-3-1-2-4-8/h7-9,16H,1-6H2,(H2,12,14)(H,13,15). The van der Waals surface area contributed by atoms with Crippen molar-refractivity contribution in [1.82, 2.24) is 5.32 Å². The van der Waals surface area contributed by atoms with E-state index in [2.05, 4.69) is 10.5 Å². The average Bonchev–Trinajstić information content (AvgIpc) is 2.98. The first-order valence-electron chi connectivity index (χ1n) is 6.00. The molecule has 0 saturated heterocycles. The highest BCUT2D eigenvalue weighted by molar-refractivity contribution is 5.91. The Labute approximate surface area is 95.1 Å². The number of rotatable bonds is 4. The second-order valence-electron chi connectivity index (χ2n) is 4.83. The van der Waals surface area contributed by atoms with Gasteiger partial charge in [0.1, 0.15) is 0 Å². The van der Waals surface area contributed by atoms with Gasteiger partial charge in [-0.25, -0.2) is 0 Å². The number of hydrogen-bond acceptors (Lipinski definition) is 3. The summed E-state index contributed by atoms with van der Waals surface area (Å²) in [5, 5.41) is 14.6. The Morgan fingerprint density at radius 1 is 1.31 bits per heavy atom. The Morgan fingerprint density at radius 2 is 1.94 bits per heavy atom. The SMILES string of the molecule is NC(=NO)C(NC(=O)C1CCCC1)C1CC1. The predicted molar refractivity (Wildman–Crippen MR) is 60.0 cm³/mol. The zero-order chi connectivity index (χ0) is 11.5. The summed E-state index contributed by atoms with van der Waals surface area (Å²) in [5.41, 5.74) is 5.59. The monoisotopic (exact) mass is 225 g/mol. The quantitative estimate of drug-likeness (QED) is 0.286. The summed E-state index contributed by atoms with van der Waals surface area (Å²) in [4.78, 5) is 11.9. The topological polar surface area (TPSA) is 87.7 Å². The summed E-state index contributed by atoms with van der Waals surface area (Å²) >= 11 is 0. The Kier molecular flexibility index (Phi) is 3.31. The first-order valence-corrected chi connectivity index (χ1v) is 6.00. The molecule has 0 aromatic heterocycles. The number of amides is 1. The maximum Gasteiger partial charge on any atom is 0.223 e. The first kappa shape index (κ1) is 11.2. The van der Waals surface area contributed by atoms with Crippen molar-refractivity contribution < 1.29 is 10.0 Å². The van der Waals surface area contributed by atoms with Crippen LogP contribution in [0.2, 0.25) is 0 Å². The lowest BCUT2D eigenvalue weighted by atomic mass is 10.1. The van der Waals surface area contributed by atoms with Crippen LogP contribution in [0.15, 0.2) is 5.16 Å². The number of amidine groups is 1. The number of carbonyl (C=O) groups is 1. The maximum absolute atomic E-state index is 11.9. The molecule has 0 bridgehead atoms. The largest absolute Gasteiger partial charge is 0.409 e. The molecule has 4 N–H and O–H groups in total. The van der Waals surface area contributed by atoms with Gasteiger partial charge in [-0.2, -0.15) is 0 Å². The lowest BCUT2D eigenvalue weighted by Gasteiger charge is -2.19. The molecule has 2 rings (SSSR count). The minimum absolute atomic E-state index is 0.0704. The van der Waals surface area contributed by atoms with Crippen LogP contribution in [-0.4, -0.2) is 23.0 Å². The number of nitrogens with two attached hydrogens (primary N) is 1. The van der Waals surface area contributed by atoms with E-state index >= 15 is 0 Å². The van der Waals surface area contributed by atoms with Crippen molar-refractivity contribution in [3.8, 4) is 0 Å². The Balaban J connectivity index is 1.92. The van der Waals surface area contributed by atoms with E-state index in [1.807, 2.05) is 0 Å². The van der Waals surface area contributed by atoms with E-state index < -0.39 is 0 Å². The lowest BCUT2D eigenvalue weighted by molar-refractivity contribution is -0.125. The molecular formula is C11H19N3O2. The van der Waals surface area contributed by atoms with Gasteiger partial charge in [-0.15, -0.1) is 0 Å². The number of carbonyl (C=O) groups excluding carboxylic acids is 1. The van der Waals surface area contributed by atoms with Crippen LogP contribution in [0.4, 0.5) is 0 Å². The zero-order valence-electron chi connectivity index (χ0n) is 9.35. The molecule has 1 amide bonds. The molecule has 0 spiro atoms. The van der Waals surface area contributed by atoms with E-state index in [-0.39, 0.29) is 23.7 Å². The molecule has 0 aliphatic heterocycles. The van der Waals surface area contributed by atoms with E-state index in [1.54, 1.807) is 0 Å². The number of nitrogens with one attached hydrogen (secondary N) is 1. The molecule has 0 heterocycles. The van der Waals surface area contributed by atoms with Crippen molar-refractivity contribution in [3.63, 3.8) is 0 Å². The molecule has 1 unspecified atom stereocenters. The van der Waals surface area contributed by atoms with Gasteiger partial charge in [-0.3, -0.25) is 4.79 Å². The molecule has 0 aromatic carbocycles. The lowest BCUT2D eigenvalue weighted by Crippen LogP contribution is -2.47. The number of nitrogens with zero attached hydrogens (tertiary/aromatic N) is 1. The molecule has 5 heteroatoms. The van der Waals surface area contributed by atoms with Crippen molar-refractivity contribution >= 4 is 11.7 Å². The molecule has 0 radical (unpaired) electrons. The summed E-state index contributed by atoms with van der Waals surface area (Å²) in [6.45, 7) is 0. The van der Waals surface area contributed by atoms with Crippen molar-refractivity contribution in [2.45, 2.75) is 44.6 Å². The summed E-state index contributed by atoms with van der Waals surface area (Å²) in [5.74, 6) is 0.698. The molecule has 0 aromatic rings. The predicted octanol–water partition coefficient (Wildman–Crippen LogP) is 0.818. The molecule has 2 fully saturated rings. The van der Waals surface area contributed by atoms with Gasteiger partial charge in [0.05, 0.1) is 6.04 Å².